The average molecular weight is 343 g/mol. The summed E-state index contributed by atoms with van der Waals surface area (Å²) in [4.78, 5) is 12.2. The van der Waals surface area contributed by atoms with Gasteiger partial charge in [-0.25, -0.2) is 4.79 Å². The van der Waals surface area contributed by atoms with Gasteiger partial charge in [0.25, 0.3) is 0 Å². The molecule has 3 rings (SSSR count). The van der Waals surface area contributed by atoms with Crippen LogP contribution in [0, 0.1) is 0 Å². The summed E-state index contributed by atoms with van der Waals surface area (Å²) in [6.45, 7) is 0. The van der Waals surface area contributed by atoms with E-state index in [0.717, 1.165) is 49.7 Å². The molecule has 1 unspecified atom stereocenters. The van der Waals surface area contributed by atoms with E-state index in [2.05, 4.69) is 10.6 Å². The molecule has 120 valence electrons. The Bertz CT molecular complexity index is 572. The maximum atomic E-state index is 12.2. The number of halogens is 2. The van der Waals surface area contributed by atoms with Crippen molar-refractivity contribution in [1.82, 2.24) is 10.6 Å². The molecule has 2 aliphatic rings. The zero-order valence-electron chi connectivity index (χ0n) is 12.2. The number of urea groups is 1. The summed E-state index contributed by atoms with van der Waals surface area (Å²) < 4.78 is 0. The molecule has 1 aromatic rings. The summed E-state index contributed by atoms with van der Waals surface area (Å²) in [6, 6.07) is 3.71. The van der Waals surface area contributed by atoms with Crippen molar-refractivity contribution >= 4 is 29.2 Å². The first-order valence-corrected chi connectivity index (χ1v) is 8.52. The van der Waals surface area contributed by atoms with Gasteiger partial charge in [0.15, 0.2) is 0 Å². The number of hydrogen-bond acceptors (Lipinski definition) is 2. The molecule has 2 amide bonds. The van der Waals surface area contributed by atoms with Crippen LogP contribution in [-0.2, 0) is 6.42 Å². The van der Waals surface area contributed by atoms with E-state index in [4.69, 9.17) is 23.2 Å². The molecule has 22 heavy (non-hydrogen) atoms. The molecule has 3 N–H and O–H groups in total. The molecule has 0 radical (unpaired) electrons. The van der Waals surface area contributed by atoms with Gasteiger partial charge in [-0.15, -0.1) is 0 Å². The Morgan fingerprint density at radius 2 is 1.82 bits per heavy atom. The lowest BCUT2D eigenvalue weighted by atomic mass is 9.93. The van der Waals surface area contributed by atoms with E-state index in [0.29, 0.717) is 10.0 Å². The van der Waals surface area contributed by atoms with Crippen molar-refractivity contribution in [2.75, 3.05) is 0 Å². The highest BCUT2D eigenvalue weighted by Gasteiger charge is 2.28. The number of aliphatic hydroxyl groups excluding tert-OH is 1. The zero-order valence-corrected chi connectivity index (χ0v) is 13.8. The number of rotatable bonds is 2. The molecule has 1 atom stereocenters. The second kappa shape index (κ2) is 6.65. The fraction of sp³-hybridized carbons (Fsp3) is 0.562. The fourth-order valence-corrected chi connectivity index (χ4v) is 3.83. The molecule has 0 bridgehead atoms. The van der Waals surface area contributed by atoms with Crippen molar-refractivity contribution in [2.24, 2.45) is 0 Å². The fourth-order valence-electron chi connectivity index (χ4n) is 3.39. The van der Waals surface area contributed by atoms with Gasteiger partial charge in [-0.1, -0.05) is 29.3 Å². The van der Waals surface area contributed by atoms with E-state index in [-0.39, 0.29) is 24.2 Å². The second-order valence-electron chi connectivity index (χ2n) is 6.14. The van der Waals surface area contributed by atoms with Gasteiger partial charge in [0.1, 0.15) is 0 Å². The van der Waals surface area contributed by atoms with Gasteiger partial charge < -0.3 is 15.7 Å². The van der Waals surface area contributed by atoms with Crippen LogP contribution in [0.25, 0.3) is 0 Å². The van der Waals surface area contributed by atoms with E-state index >= 15 is 0 Å². The number of aliphatic hydroxyl groups is 1. The van der Waals surface area contributed by atoms with E-state index in [1.807, 2.05) is 6.07 Å². The lowest BCUT2D eigenvalue weighted by Crippen LogP contribution is -2.45. The molecule has 4 nitrogen and oxygen atoms in total. The van der Waals surface area contributed by atoms with Gasteiger partial charge in [-0.3, -0.25) is 0 Å². The Morgan fingerprint density at radius 1 is 1.09 bits per heavy atom. The van der Waals surface area contributed by atoms with Gasteiger partial charge in [-0.2, -0.15) is 0 Å². The first-order valence-electron chi connectivity index (χ1n) is 7.76. The molecule has 6 heteroatoms. The molecule has 0 spiro atoms. The Labute approximate surface area is 140 Å². The first kappa shape index (κ1) is 15.9. The summed E-state index contributed by atoms with van der Waals surface area (Å²) in [5, 5.41) is 16.7. The van der Waals surface area contributed by atoms with Crippen molar-refractivity contribution in [1.29, 1.82) is 0 Å². The Morgan fingerprint density at radius 3 is 2.55 bits per heavy atom. The number of carbonyl (C=O) groups excluding carboxylic acids is 1. The second-order valence-corrected chi connectivity index (χ2v) is 6.93. The van der Waals surface area contributed by atoms with Gasteiger partial charge in [0, 0.05) is 6.04 Å². The highest BCUT2D eigenvalue weighted by atomic mass is 35.5. The van der Waals surface area contributed by atoms with E-state index in [1.54, 1.807) is 6.07 Å². The molecular weight excluding hydrogens is 323 g/mol. The smallest absolute Gasteiger partial charge is 0.315 e. The number of nitrogens with one attached hydrogen (secondary N) is 2. The summed E-state index contributed by atoms with van der Waals surface area (Å²) in [5.41, 5.74) is 2.10. The number of carbonyl (C=O) groups is 1. The highest BCUT2D eigenvalue weighted by molar-refractivity contribution is 6.42. The molecule has 1 saturated carbocycles. The van der Waals surface area contributed by atoms with E-state index in [9.17, 15) is 9.90 Å². The summed E-state index contributed by atoms with van der Waals surface area (Å²) in [6.07, 6.45) is 4.63. The predicted octanol–water partition coefficient (Wildman–Crippen LogP) is 3.58. The molecule has 0 saturated heterocycles. The summed E-state index contributed by atoms with van der Waals surface area (Å²) >= 11 is 12.3. The molecule has 0 aliphatic heterocycles. The third-order valence-electron chi connectivity index (χ3n) is 4.63. The normalized spacial score (nSPS) is 27.3. The molecule has 1 aromatic carbocycles. The Kier molecular flexibility index (Phi) is 4.81. The van der Waals surface area contributed by atoms with Crippen molar-refractivity contribution in [3.05, 3.63) is 33.3 Å². The van der Waals surface area contributed by atoms with Crippen molar-refractivity contribution < 1.29 is 9.90 Å². The van der Waals surface area contributed by atoms with Crippen LogP contribution in [0.15, 0.2) is 12.1 Å². The van der Waals surface area contributed by atoms with Crippen LogP contribution in [0.1, 0.15) is 49.3 Å². The molecular formula is C16H20Cl2N2O2. The van der Waals surface area contributed by atoms with Crippen molar-refractivity contribution in [3.63, 3.8) is 0 Å². The Balaban J connectivity index is 1.59. The van der Waals surface area contributed by atoms with Crippen LogP contribution in [0.4, 0.5) is 4.79 Å². The third-order valence-corrected chi connectivity index (χ3v) is 5.47. The van der Waals surface area contributed by atoms with Crippen LogP contribution in [-0.4, -0.2) is 23.3 Å². The topological polar surface area (TPSA) is 61.4 Å². The summed E-state index contributed by atoms with van der Waals surface area (Å²) in [5.74, 6) is 0. The first-order chi connectivity index (χ1) is 10.5. The molecule has 0 heterocycles. The van der Waals surface area contributed by atoms with Crippen LogP contribution in [0.3, 0.4) is 0 Å². The van der Waals surface area contributed by atoms with Crippen LogP contribution in [0.2, 0.25) is 10.0 Å². The molecule has 1 fully saturated rings. The van der Waals surface area contributed by atoms with Crippen LogP contribution >= 0.6 is 23.2 Å². The van der Waals surface area contributed by atoms with Gasteiger partial charge >= 0.3 is 6.03 Å². The third kappa shape index (κ3) is 3.34. The van der Waals surface area contributed by atoms with Crippen molar-refractivity contribution in [2.45, 2.75) is 56.7 Å². The number of hydrogen-bond donors (Lipinski definition) is 3. The minimum atomic E-state index is -0.213. The molecule has 0 aromatic heterocycles. The quantitative estimate of drug-likeness (QED) is 0.769. The van der Waals surface area contributed by atoms with E-state index < -0.39 is 0 Å². The zero-order chi connectivity index (χ0) is 15.7. The number of benzene rings is 1. The minimum Gasteiger partial charge on any atom is -0.393 e. The van der Waals surface area contributed by atoms with E-state index in [1.165, 1.54) is 0 Å². The number of fused-ring (bicyclic) bond motifs is 1. The number of amides is 2. The minimum absolute atomic E-state index is 0.0149. The van der Waals surface area contributed by atoms with Gasteiger partial charge in [-0.05, 0) is 55.7 Å². The standard InChI is InChI=1S/C16H20Cl2N2O2/c17-13-7-5-11-12(15(13)18)6-8-14(11)20-16(22)19-9-1-3-10(21)4-2-9/h5,7,9-10,14,21H,1-4,6,8H2,(H2,19,20,22). The van der Waals surface area contributed by atoms with Gasteiger partial charge in [0.05, 0.1) is 22.2 Å². The predicted molar refractivity (Wildman–Crippen MR) is 87.5 cm³/mol. The van der Waals surface area contributed by atoms with Crippen LogP contribution < -0.4 is 10.6 Å². The lowest BCUT2D eigenvalue weighted by molar-refractivity contribution is 0.117. The van der Waals surface area contributed by atoms with Crippen LogP contribution in [0.5, 0.6) is 0 Å². The highest BCUT2D eigenvalue weighted by Crippen LogP contribution is 2.39. The maximum Gasteiger partial charge on any atom is 0.315 e. The monoisotopic (exact) mass is 342 g/mol. The largest absolute Gasteiger partial charge is 0.393 e. The molecule has 2 aliphatic carbocycles. The Hall–Kier alpha value is -0.970. The average Bonchev–Trinajstić information content (AvgIpc) is 2.89. The lowest BCUT2D eigenvalue weighted by Gasteiger charge is -2.27. The summed E-state index contributed by atoms with van der Waals surface area (Å²) in [7, 11) is 0. The van der Waals surface area contributed by atoms with Crippen molar-refractivity contribution in [3.8, 4) is 0 Å². The maximum absolute atomic E-state index is 12.2. The van der Waals surface area contributed by atoms with Gasteiger partial charge in [0.2, 0.25) is 0 Å². The SMILES string of the molecule is O=C(NC1CCC(O)CC1)NC1CCc2c1ccc(Cl)c2Cl.